The van der Waals surface area contributed by atoms with Crippen LogP contribution in [0.5, 0.6) is 0 Å². The average Bonchev–Trinajstić information content (AvgIpc) is 3.21. The minimum absolute atomic E-state index is 0.0451. The van der Waals surface area contributed by atoms with Gasteiger partial charge in [-0.3, -0.25) is 0 Å². The fourth-order valence-corrected chi connectivity index (χ4v) is 5.18. The van der Waals surface area contributed by atoms with Crippen LogP contribution in [-0.4, -0.2) is 65.4 Å². The minimum Gasteiger partial charge on any atom is -0.338 e. The molecule has 8 nitrogen and oxygen atoms in total. The number of thiazole rings is 1. The molecule has 1 aliphatic heterocycles. The summed E-state index contributed by atoms with van der Waals surface area (Å²) in [4.78, 5) is 26.4. The molecule has 0 spiro atoms. The molecule has 0 unspecified atom stereocenters. The van der Waals surface area contributed by atoms with Crippen LogP contribution in [0.2, 0.25) is 0 Å². The third kappa shape index (κ3) is 4.51. The van der Waals surface area contributed by atoms with Crippen molar-refractivity contribution in [1.29, 1.82) is 0 Å². The summed E-state index contributed by atoms with van der Waals surface area (Å²) in [5.74, 6) is 0.784. The van der Waals surface area contributed by atoms with Gasteiger partial charge in [-0.15, -0.1) is 11.3 Å². The highest BCUT2D eigenvalue weighted by atomic mass is 32.2. The van der Waals surface area contributed by atoms with E-state index in [2.05, 4.69) is 20.3 Å². The third-order valence-corrected chi connectivity index (χ3v) is 6.68. The molecular formula is C15H19N5O3S2. The first-order valence-corrected chi connectivity index (χ1v) is 10.6. The van der Waals surface area contributed by atoms with E-state index in [9.17, 15) is 13.2 Å². The molecule has 134 valence electrons. The Labute approximate surface area is 150 Å². The van der Waals surface area contributed by atoms with Crippen molar-refractivity contribution >= 4 is 27.2 Å². The van der Waals surface area contributed by atoms with Gasteiger partial charge in [0.1, 0.15) is 0 Å². The van der Waals surface area contributed by atoms with E-state index in [1.165, 1.54) is 16.2 Å². The van der Waals surface area contributed by atoms with Crippen molar-refractivity contribution in [2.45, 2.75) is 18.9 Å². The molecular weight excluding hydrogens is 362 g/mol. The Morgan fingerprint density at radius 1 is 1.40 bits per heavy atom. The van der Waals surface area contributed by atoms with Crippen LogP contribution < -0.4 is 5.32 Å². The highest BCUT2D eigenvalue weighted by Crippen LogP contribution is 2.19. The van der Waals surface area contributed by atoms with E-state index in [-0.39, 0.29) is 23.6 Å². The molecule has 1 fully saturated rings. The molecule has 3 rings (SSSR count). The van der Waals surface area contributed by atoms with Crippen molar-refractivity contribution in [2.24, 2.45) is 0 Å². The first-order chi connectivity index (χ1) is 11.9. The normalized spacial score (nSPS) is 18.8. The first kappa shape index (κ1) is 17.7. The van der Waals surface area contributed by atoms with Gasteiger partial charge in [0.25, 0.3) is 0 Å². The Bertz CT molecular complexity index is 838. The van der Waals surface area contributed by atoms with Gasteiger partial charge in [0.2, 0.25) is 0 Å². The van der Waals surface area contributed by atoms with E-state index < -0.39 is 9.84 Å². The number of nitrogens with one attached hydrogen (secondary N) is 1. The molecule has 0 bridgehead atoms. The zero-order chi connectivity index (χ0) is 17.9. The van der Waals surface area contributed by atoms with E-state index in [1.54, 1.807) is 25.5 Å². The van der Waals surface area contributed by atoms with Crippen LogP contribution in [0, 0.1) is 0 Å². The lowest BCUT2D eigenvalue weighted by Crippen LogP contribution is -2.44. The Morgan fingerprint density at radius 3 is 2.84 bits per heavy atom. The van der Waals surface area contributed by atoms with Crippen LogP contribution in [0.25, 0.3) is 10.8 Å². The summed E-state index contributed by atoms with van der Waals surface area (Å²) in [5, 5.41) is 5.48. The maximum absolute atomic E-state index is 12.1. The predicted molar refractivity (Wildman–Crippen MR) is 95.1 cm³/mol. The van der Waals surface area contributed by atoms with Crippen LogP contribution in [0.3, 0.4) is 0 Å². The van der Waals surface area contributed by atoms with E-state index in [0.717, 1.165) is 10.7 Å². The van der Waals surface area contributed by atoms with Gasteiger partial charge in [0.15, 0.2) is 20.7 Å². The lowest BCUT2D eigenvalue weighted by atomic mass is 10.2. The van der Waals surface area contributed by atoms with Gasteiger partial charge in [-0.2, -0.15) is 0 Å². The second-order valence-electron chi connectivity index (χ2n) is 5.87. The fourth-order valence-electron chi connectivity index (χ4n) is 2.60. The fraction of sp³-hybridized carbons (Fsp3) is 0.467. The van der Waals surface area contributed by atoms with Crippen LogP contribution >= 0.6 is 11.3 Å². The molecule has 10 heteroatoms. The Kier molecular flexibility index (Phi) is 5.28. The zero-order valence-corrected chi connectivity index (χ0v) is 15.4. The quantitative estimate of drug-likeness (QED) is 0.827. The van der Waals surface area contributed by atoms with E-state index in [4.69, 9.17) is 0 Å². The number of aromatic nitrogens is 3. The smallest absolute Gasteiger partial charge is 0.317 e. The number of carbonyl (C=O) groups excluding carboxylic acids is 1. The topological polar surface area (TPSA) is 105 Å². The summed E-state index contributed by atoms with van der Waals surface area (Å²) < 4.78 is 23.0. The molecule has 0 saturated carbocycles. The van der Waals surface area contributed by atoms with Gasteiger partial charge in [0, 0.05) is 43.8 Å². The number of urea groups is 1. The summed E-state index contributed by atoms with van der Waals surface area (Å²) >= 11 is 1.46. The van der Waals surface area contributed by atoms with Crippen LogP contribution in [0.4, 0.5) is 4.79 Å². The Balaban J connectivity index is 1.48. The van der Waals surface area contributed by atoms with Crippen molar-refractivity contribution in [1.82, 2.24) is 25.2 Å². The highest BCUT2D eigenvalue weighted by molar-refractivity contribution is 7.91. The molecule has 0 aliphatic carbocycles. The van der Waals surface area contributed by atoms with E-state index in [1.807, 2.05) is 5.38 Å². The second kappa shape index (κ2) is 7.44. The standard InChI is InChI=1S/C15H19N5O3S2/c1-20(12-4-8-25(22,23)10-12)15(21)18-7-3-11-9-24-14(19-11)13-16-5-2-6-17-13/h2,5-6,9,12H,3-4,7-8,10H2,1H3,(H,18,21)/t12-/m0/s1. The molecule has 1 atom stereocenters. The maximum Gasteiger partial charge on any atom is 0.317 e. The van der Waals surface area contributed by atoms with Crippen molar-refractivity contribution in [3.8, 4) is 10.8 Å². The molecule has 2 aromatic heterocycles. The number of sulfone groups is 1. The lowest BCUT2D eigenvalue weighted by molar-refractivity contribution is 0.195. The minimum atomic E-state index is -3.00. The number of hydrogen-bond acceptors (Lipinski definition) is 7. The number of amides is 2. The molecule has 1 saturated heterocycles. The largest absolute Gasteiger partial charge is 0.338 e. The van der Waals surface area contributed by atoms with E-state index >= 15 is 0 Å². The summed E-state index contributed by atoms with van der Waals surface area (Å²) in [5.41, 5.74) is 0.860. The molecule has 2 amide bonds. The molecule has 1 aliphatic rings. The summed E-state index contributed by atoms with van der Waals surface area (Å²) in [6.45, 7) is 0.432. The Morgan fingerprint density at radius 2 is 2.16 bits per heavy atom. The third-order valence-electron chi connectivity index (χ3n) is 4.04. The zero-order valence-electron chi connectivity index (χ0n) is 13.8. The van der Waals surface area contributed by atoms with Gasteiger partial charge in [0.05, 0.1) is 17.2 Å². The highest BCUT2D eigenvalue weighted by Gasteiger charge is 2.32. The lowest BCUT2D eigenvalue weighted by Gasteiger charge is -2.23. The molecule has 25 heavy (non-hydrogen) atoms. The predicted octanol–water partition coefficient (Wildman–Crippen LogP) is 0.971. The SMILES string of the molecule is CN(C(=O)NCCc1csc(-c2ncccn2)n1)[C@H]1CCS(=O)(=O)C1. The second-order valence-corrected chi connectivity index (χ2v) is 8.95. The Hall–Kier alpha value is -2.07. The molecule has 2 aromatic rings. The van der Waals surface area contributed by atoms with Gasteiger partial charge < -0.3 is 10.2 Å². The van der Waals surface area contributed by atoms with Gasteiger partial charge >= 0.3 is 6.03 Å². The molecule has 3 heterocycles. The molecule has 1 N–H and O–H groups in total. The first-order valence-electron chi connectivity index (χ1n) is 7.87. The summed E-state index contributed by atoms with van der Waals surface area (Å²) in [6, 6.07) is 1.25. The van der Waals surface area contributed by atoms with Crippen molar-refractivity contribution in [2.75, 3.05) is 25.1 Å². The number of hydrogen-bond donors (Lipinski definition) is 1. The van der Waals surface area contributed by atoms with Crippen LogP contribution in [-0.2, 0) is 16.3 Å². The van der Waals surface area contributed by atoms with Gasteiger partial charge in [-0.25, -0.2) is 28.2 Å². The number of carbonyl (C=O) groups is 1. The van der Waals surface area contributed by atoms with Gasteiger partial charge in [-0.1, -0.05) is 0 Å². The van der Waals surface area contributed by atoms with Crippen molar-refractivity contribution in [3.05, 3.63) is 29.5 Å². The average molecular weight is 381 g/mol. The monoisotopic (exact) mass is 381 g/mol. The van der Waals surface area contributed by atoms with E-state index in [0.29, 0.717) is 25.2 Å². The number of rotatable bonds is 5. The van der Waals surface area contributed by atoms with Crippen LogP contribution in [0.15, 0.2) is 23.8 Å². The van der Waals surface area contributed by atoms with Crippen molar-refractivity contribution < 1.29 is 13.2 Å². The number of nitrogens with zero attached hydrogens (tertiary/aromatic N) is 4. The van der Waals surface area contributed by atoms with Crippen LogP contribution in [0.1, 0.15) is 12.1 Å². The summed E-state index contributed by atoms with van der Waals surface area (Å²) in [6.07, 6.45) is 4.43. The van der Waals surface area contributed by atoms with Crippen molar-refractivity contribution in [3.63, 3.8) is 0 Å². The summed E-state index contributed by atoms with van der Waals surface area (Å²) in [7, 11) is -1.37. The van der Waals surface area contributed by atoms with Gasteiger partial charge in [-0.05, 0) is 12.5 Å². The maximum atomic E-state index is 12.1. The molecule has 0 radical (unpaired) electrons. The molecule has 0 aromatic carbocycles.